The lowest BCUT2D eigenvalue weighted by Gasteiger charge is -2.32. The molecule has 10 rings (SSSR count). The summed E-state index contributed by atoms with van der Waals surface area (Å²) in [5.41, 5.74) is 18.4. The number of nitrogen functional groups attached to an aromatic ring is 2. The van der Waals surface area contributed by atoms with Crippen molar-refractivity contribution < 1.29 is 23.5 Å². The number of pyridine rings is 5. The number of aromatic amines is 1. The first-order valence-corrected chi connectivity index (χ1v) is 42.4. The smallest absolute Gasteiger partial charge is 0.399 e. The molecule has 0 unspecified atom stereocenters. The third kappa shape index (κ3) is 20.9. The number of H-pyrrole nitrogens is 1. The number of nitrogens with one attached hydrogen (secondary N) is 1. The molecule has 0 aromatic carbocycles. The molecular formula is C57H84BBr4N15O5Si3. The Morgan fingerprint density at radius 1 is 0.518 bits per heavy atom. The summed E-state index contributed by atoms with van der Waals surface area (Å²) < 4.78 is 39.6. The van der Waals surface area contributed by atoms with Gasteiger partial charge in [0.2, 0.25) is 0 Å². The van der Waals surface area contributed by atoms with Crippen molar-refractivity contribution >= 4 is 157 Å². The number of aromatic nitrogens is 13. The molecule has 0 saturated carbocycles. The van der Waals surface area contributed by atoms with Crippen molar-refractivity contribution in [2.75, 3.05) is 31.3 Å². The Morgan fingerprint density at radius 2 is 0.941 bits per heavy atom. The minimum atomic E-state index is -1.09. The Hall–Kier alpha value is -4.33. The Morgan fingerprint density at radius 3 is 1.45 bits per heavy atom. The van der Waals surface area contributed by atoms with Crippen molar-refractivity contribution in [2.45, 2.75) is 164 Å². The number of imidazole rings is 4. The first kappa shape index (κ1) is 69.8. The van der Waals surface area contributed by atoms with Gasteiger partial charge in [0.15, 0.2) is 22.6 Å². The minimum absolute atomic E-state index is 0.369. The molecule has 1 aliphatic heterocycles. The van der Waals surface area contributed by atoms with Gasteiger partial charge in [0.25, 0.3) is 0 Å². The van der Waals surface area contributed by atoms with Crippen LogP contribution in [-0.4, -0.2) is 126 Å². The minimum Gasteiger partial charge on any atom is -0.399 e. The van der Waals surface area contributed by atoms with Crippen LogP contribution in [0.5, 0.6) is 0 Å². The molecule has 9 aromatic rings. The highest BCUT2D eigenvalue weighted by molar-refractivity contribution is 9.11. The fraction of sp³-hybridized carbons (Fsp3) is 0.491. The van der Waals surface area contributed by atoms with E-state index >= 15 is 0 Å². The normalized spacial score (nSPS) is 14.0. The number of halogens is 4. The van der Waals surface area contributed by atoms with Crippen molar-refractivity contribution in [1.29, 1.82) is 0 Å². The van der Waals surface area contributed by atoms with E-state index < -0.39 is 31.3 Å². The summed E-state index contributed by atoms with van der Waals surface area (Å²) in [4.78, 5) is 42.1. The molecule has 10 heterocycles. The first-order chi connectivity index (χ1) is 39.6. The van der Waals surface area contributed by atoms with Crippen LogP contribution in [-0.2, 0) is 43.7 Å². The Bertz CT molecular complexity index is 3660. The molecule has 0 amide bonds. The zero-order valence-electron chi connectivity index (χ0n) is 52.3. The molecule has 9 aromatic heterocycles. The second-order valence-electron chi connectivity index (χ2n) is 25.5. The zero-order chi connectivity index (χ0) is 62.8. The van der Waals surface area contributed by atoms with Crippen LogP contribution < -0.4 is 16.9 Å². The van der Waals surface area contributed by atoms with Crippen molar-refractivity contribution in [3.8, 4) is 0 Å². The van der Waals surface area contributed by atoms with E-state index in [0.717, 1.165) is 117 Å². The van der Waals surface area contributed by atoms with Crippen molar-refractivity contribution in [3.05, 3.63) is 103 Å². The summed E-state index contributed by atoms with van der Waals surface area (Å²) in [6, 6.07) is 13.2. The lowest BCUT2D eigenvalue weighted by molar-refractivity contribution is 0.00578. The second kappa shape index (κ2) is 29.8. The van der Waals surface area contributed by atoms with E-state index in [-0.39, 0.29) is 11.2 Å². The van der Waals surface area contributed by atoms with E-state index in [2.05, 4.69) is 205 Å². The monoisotopic (exact) mass is 1470 g/mol. The Balaban J connectivity index is 0.000000178. The molecule has 20 nitrogen and oxygen atoms in total. The lowest BCUT2D eigenvalue weighted by atomic mass is 9.80. The van der Waals surface area contributed by atoms with Crippen LogP contribution in [0.4, 0.5) is 11.5 Å². The number of hydrogen-bond acceptors (Lipinski definition) is 16. The highest BCUT2D eigenvalue weighted by atomic mass is 79.9. The summed E-state index contributed by atoms with van der Waals surface area (Å²) in [6.07, 6.45) is 8.73. The van der Waals surface area contributed by atoms with Crippen molar-refractivity contribution in [2.24, 2.45) is 0 Å². The van der Waals surface area contributed by atoms with Crippen LogP contribution in [0, 0.1) is 27.7 Å². The van der Waals surface area contributed by atoms with Gasteiger partial charge in [-0.15, -0.1) is 0 Å². The van der Waals surface area contributed by atoms with E-state index in [0.29, 0.717) is 31.7 Å². The molecule has 0 aliphatic carbocycles. The number of nitrogens with two attached hydrogens (primary N) is 2. The van der Waals surface area contributed by atoms with E-state index in [1.807, 2.05) is 67.3 Å². The number of hydrogen-bond donors (Lipinski definition) is 3. The van der Waals surface area contributed by atoms with Crippen LogP contribution in [0.2, 0.25) is 77.1 Å². The van der Waals surface area contributed by atoms with Gasteiger partial charge in [-0.2, -0.15) is 0 Å². The molecule has 1 saturated heterocycles. The highest BCUT2D eigenvalue weighted by Crippen LogP contribution is 2.36. The maximum Gasteiger partial charge on any atom is 0.496 e. The molecule has 0 bridgehead atoms. The van der Waals surface area contributed by atoms with E-state index in [1.165, 1.54) is 12.1 Å². The van der Waals surface area contributed by atoms with Crippen LogP contribution in [0.1, 0.15) is 51.0 Å². The Labute approximate surface area is 537 Å². The van der Waals surface area contributed by atoms with Crippen molar-refractivity contribution in [3.63, 3.8) is 0 Å². The molecule has 0 atom stereocenters. The average Bonchev–Trinajstić information content (AvgIpc) is 3.58. The van der Waals surface area contributed by atoms with Gasteiger partial charge in [-0.3, -0.25) is 9.13 Å². The van der Waals surface area contributed by atoms with Crippen LogP contribution in [0.25, 0.3) is 44.7 Å². The Kier molecular flexibility index (Phi) is 24.4. The fourth-order valence-electron chi connectivity index (χ4n) is 7.98. The maximum atomic E-state index is 6.13. The first-order valence-electron chi connectivity index (χ1n) is 28.1. The summed E-state index contributed by atoms with van der Waals surface area (Å²) in [5.74, 6) is 4.04. The van der Waals surface area contributed by atoms with Gasteiger partial charge in [-0.05, 0) is 168 Å². The molecule has 85 heavy (non-hydrogen) atoms. The molecule has 460 valence electrons. The zero-order valence-corrected chi connectivity index (χ0v) is 61.6. The summed E-state index contributed by atoms with van der Waals surface area (Å²) in [5, 5.41) is 0. The van der Waals surface area contributed by atoms with Gasteiger partial charge in [0.1, 0.15) is 60.3 Å². The van der Waals surface area contributed by atoms with Crippen LogP contribution in [0.3, 0.4) is 0 Å². The van der Waals surface area contributed by atoms with Gasteiger partial charge in [0, 0.05) is 98.4 Å². The quantitative estimate of drug-likeness (QED) is 0.0601. The predicted octanol–water partition coefficient (Wildman–Crippen LogP) is 14.0. The van der Waals surface area contributed by atoms with Crippen LogP contribution >= 0.6 is 63.7 Å². The summed E-state index contributed by atoms with van der Waals surface area (Å²) in [7, 11) is -3.56. The summed E-state index contributed by atoms with van der Waals surface area (Å²) >= 11 is 13.4. The van der Waals surface area contributed by atoms with Crippen LogP contribution in [0.15, 0.2) is 79.2 Å². The number of fused-ring (bicyclic) bond motifs is 4. The van der Waals surface area contributed by atoms with Gasteiger partial charge >= 0.3 is 7.12 Å². The number of ether oxygens (including phenoxy) is 3. The average molecular weight is 1470 g/mol. The number of nitrogens with zero attached hydrogens (tertiary/aromatic N) is 12. The van der Waals surface area contributed by atoms with Gasteiger partial charge in [-0.1, -0.05) is 58.9 Å². The van der Waals surface area contributed by atoms with Crippen molar-refractivity contribution in [1.82, 2.24) is 63.5 Å². The van der Waals surface area contributed by atoms with Gasteiger partial charge in [-0.25, -0.2) is 44.9 Å². The largest absolute Gasteiger partial charge is 0.496 e. The van der Waals surface area contributed by atoms with E-state index in [4.69, 9.17) is 35.0 Å². The van der Waals surface area contributed by atoms with E-state index in [1.54, 1.807) is 30.9 Å². The molecule has 28 heteroatoms. The summed E-state index contributed by atoms with van der Waals surface area (Å²) in [6.45, 7) is 41.2. The number of aryl methyl sites for hydroxylation is 4. The molecule has 1 fully saturated rings. The standard InChI is InChI=1S/C19H32BN3O3Si.2C13H20BrN3OSi.C7H6BrN3.C5H6BrN3/c1-14-22-16-11-15(20-25-18(2,3)19(4,5)26-20)12-21-17(16)23(14)13-24-9-10-27(6,7)8;1-10-16-13-12(7-11(14)8-15-13)17(10)9-18-5-6-19(2,3)4;1-10-16-12-7-11(14)8-15-13(12)17(10)9-18-5-6-19(2,3)4;1-4-10-6-2-5(8)3-9-7(6)11-4;6-3-1-4(7)5(8)9-2-3/h11-12H,9-10,13H2,1-8H3;2*7-8H,5-6,9H2,1-4H3;2-3H,1H3,(H,9,10,11);1-2H,7H2,(H2,8,9). The van der Waals surface area contributed by atoms with E-state index in [9.17, 15) is 0 Å². The molecule has 0 spiro atoms. The highest BCUT2D eigenvalue weighted by Gasteiger charge is 2.52. The van der Waals surface area contributed by atoms with Gasteiger partial charge in [0.05, 0.1) is 27.9 Å². The maximum absolute atomic E-state index is 6.13. The molecular weight excluding hydrogens is 1390 g/mol. The second-order valence-corrected chi connectivity index (χ2v) is 46.0. The molecule has 1 aliphatic rings. The molecule has 5 N–H and O–H groups in total. The van der Waals surface area contributed by atoms with Gasteiger partial charge < -0.3 is 44.5 Å². The number of anilines is 2. The number of rotatable bonds is 16. The third-order valence-corrected chi connectivity index (χ3v) is 20.7. The molecule has 0 radical (unpaired) electrons. The third-order valence-electron chi connectivity index (χ3n) is 13.8. The topological polar surface area (TPSA) is 245 Å². The predicted molar refractivity (Wildman–Crippen MR) is 367 cm³/mol. The lowest BCUT2D eigenvalue weighted by Crippen LogP contribution is -2.41. The SMILES string of the molecule is Cc1nc2cc(B3OC(C)(C)C(C)(C)O3)cnc2n1COCC[Si](C)(C)C.Cc1nc2cc(Br)cnc2n1COCC[Si](C)(C)C.Cc1nc2ncc(Br)cc2[nH]1.Cc1nc2ncc(Br)cc2n1COCC[Si](C)(C)C.Nc1cc(Br)cnc1N. The fourth-order valence-corrected chi connectivity index (χ4v) is 11.6.